The number of nitrogens with zero attached hydrogens (tertiary/aromatic N) is 2. The lowest BCUT2D eigenvalue weighted by Crippen LogP contribution is -2.36. The van der Waals surface area contributed by atoms with Gasteiger partial charge in [-0.25, -0.2) is 9.40 Å². The number of nitrogens with one attached hydrogen (secondary N) is 1. The number of benzene rings is 2. The molecule has 2 aromatic carbocycles. The number of amides is 2. The Labute approximate surface area is 142 Å². The van der Waals surface area contributed by atoms with Crippen molar-refractivity contribution in [3.05, 3.63) is 59.4 Å². The van der Waals surface area contributed by atoms with E-state index in [9.17, 15) is 14.0 Å². The van der Waals surface area contributed by atoms with E-state index < -0.39 is 11.7 Å². The zero-order chi connectivity index (χ0) is 17.1. The maximum atomic E-state index is 13.7. The van der Waals surface area contributed by atoms with E-state index in [0.29, 0.717) is 10.7 Å². The summed E-state index contributed by atoms with van der Waals surface area (Å²) in [6.45, 7) is 0. The molecule has 2 aromatic rings. The van der Waals surface area contributed by atoms with E-state index in [1.807, 2.05) is 6.07 Å². The number of anilines is 2. The van der Waals surface area contributed by atoms with Crippen LogP contribution in [0.25, 0.3) is 0 Å². The minimum atomic E-state index is -0.597. The molecule has 0 atom stereocenters. The van der Waals surface area contributed by atoms with Crippen LogP contribution in [0.5, 0.6) is 0 Å². The highest BCUT2D eigenvalue weighted by Crippen LogP contribution is 2.22. The first-order valence-electron chi connectivity index (χ1n) is 7.26. The summed E-state index contributed by atoms with van der Waals surface area (Å²) in [6.07, 6.45) is 0.343. The summed E-state index contributed by atoms with van der Waals surface area (Å²) in [6, 6.07) is 12.7. The summed E-state index contributed by atoms with van der Waals surface area (Å²) in [7, 11) is 0. The summed E-state index contributed by atoms with van der Waals surface area (Å²) in [5.74, 6) is -1.36. The lowest BCUT2D eigenvalue weighted by Gasteiger charge is -2.23. The second kappa shape index (κ2) is 6.80. The molecule has 5 nitrogen and oxygen atoms in total. The zero-order valence-electron chi connectivity index (χ0n) is 12.5. The molecule has 0 unspecified atom stereocenters. The molecule has 0 radical (unpaired) electrons. The quantitative estimate of drug-likeness (QED) is 0.923. The van der Waals surface area contributed by atoms with Gasteiger partial charge in [0.25, 0.3) is 5.91 Å². The molecular weight excluding hydrogens is 333 g/mol. The van der Waals surface area contributed by atoms with Gasteiger partial charge in [0, 0.05) is 17.9 Å². The van der Waals surface area contributed by atoms with Crippen LogP contribution in [0.15, 0.2) is 53.6 Å². The van der Waals surface area contributed by atoms with E-state index in [0.717, 1.165) is 0 Å². The SMILES string of the molecule is O=C(Nc1cc(Cl)ccc1F)C1=NN(c2ccccc2)C(=O)CC1. The van der Waals surface area contributed by atoms with Crippen molar-refractivity contribution in [2.45, 2.75) is 12.8 Å². The van der Waals surface area contributed by atoms with Gasteiger partial charge in [0.1, 0.15) is 11.5 Å². The molecule has 7 heteroatoms. The highest BCUT2D eigenvalue weighted by Gasteiger charge is 2.26. The van der Waals surface area contributed by atoms with Crippen molar-refractivity contribution >= 4 is 40.5 Å². The zero-order valence-corrected chi connectivity index (χ0v) is 13.3. The van der Waals surface area contributed by atoms with Crippen molar-refractivity contribution in [2.24, 2.45) is 5.10 Å². The van der Waals surface area contributed by atoms with Crippen LogP contribution in [0.2, 0.25) is 5.02 Å². The van der Waals surface area contributed by atoms with Gasteiger partial charge in [-0.15, -0.1) is 0 Å². The number of halogens is 2. The third kappa shape index (κ3) is 3.44. The average molecular weight is 346 g/mol. The van der Waals surface area contributed by atoms with Crippen LogP contribution in [0.4, 0.5) is 15.8 Å². The van der Waals surface area contributed by atoms with Crippen molar-refractivity contribution in [2.75, 3.05) is 10.3 Å². The van der Waals surface area contributed by atoms with Crippen LogP contribution in [0.3, 0.4) is 0 Å². The predicted octanol–water partition coefficient (Wildman–Crippen LogP) is 3.60. The molecule has 24 heavy (non-hydrogen) atoms. The van der Waals surface area contributed by atoms with Crippen molar-refractivity contribution in [1.82, 2.24) is 0 Å². The number of para-hydroxylation sites is 1. The first-order chi connectivity index (χ1) is 11.5. The van der Waals surface area contributed by atoms with Crippen LogP contribution in [0.1, 0.15) is 12.8 Å². The summed E-state index contributed by atoms with van der Waals surface area (Å²) in [5, 5.41) is 8.05. The second-order valence-electron chi connectivity index (χ2n) is 5.17. The van der Waals surface area contributed by atoms with E-state index in [2.05, 4.69) is 10.4 Å². The fourth-order valence-corrected chi connectivity index (χ4v) is 2.45. The summed E-state index contributed by atoms with van der Waals surface area (Å²) in [5.41, 5.74) is 0.692. The van der Waals surface area contributed by atoms with Crippen molar-refractivity contribution < 1.29 is 14.0 Å². The first-order valence-corrected chi connectivity index (χ1v) is 7.64. The number of carbonyl (C=O) groups excluding carboxylic acids is 2. The van der Waals surface area contributed by atoms with Crippen LogP contribution >= 0.6 is 11.6 Å². The standard InChI is InChI=1S/C17H13ClFN3O2/c18-11-6-7-13(19)15(10-11)20-17(24)14-8-9-16(23)22(21-14)12-4-2-1-3-5-12/h1-7,10H,8-9H2,(H,20,24). The Hall–Kier alpha value is -2.73. The molecule has 0 saturated carbocycles. The van der Waals surface area contributed by atoms with Crippen LogP contribution in [-0.4, -0.2) is 17.5 Å². The Morgan fingerprint density at radius 3 is 2.67 bits per heavy atom. The van der Waals surface area contributed by atoms with Gasteiger partial charge in [-0.3, -0.25) is 9.59 Å². The smallest absolute Gasteiger partial charge is 0.271 e. The number of hydrogen-bond donors (Lipinski definition) is 1. The van der Waals surface area contributed by atoms with Gasteiger partial charge in [-0.05, 0) is 30.3 Å². The summed E-state index contributed by atoms with van der Waals surface area (Å²) >= 11 is 5.81. The maximum Gasteiger partial charge on any atom is 0.271 e. The molecule has 1 aliphatic heterocycles. The molecule has 0 aliphatic carbocycles. The van der Waals surface area contributed by atoms with E-state index in [4.69, 9.17) is 11.6 Å². The van der Waals surface area contributed by atoms with Crippen LogP contribution in [0, 0.1) is 5.82 Å². The molecule has 122 valence electrons. The van der Waals surface area contributed by atoms with E-state index in [1.54, 1.807) is 24.3 Å². The van der Waals surface area contributed by atoms with Gasteiger partial charge < -0.3 is 5.32 Å². The summed E-state index contributed by atoms with van der Waals surface area (Å²) < 4.78 is 13.7. The lowest BCUT2D eigenvalue weighted by atomic mass is 10.1. The molecule has 1 aliphatic rings. The highest BCUT2D eigenvalue weighted by atomic mass is 35.5. The molecule has 1 N–H and O–H groups in total. The van der Waals surface area contributed by atoms with Crippen molar-refractivity contribution in [3.8, 4) is 0 Å². The highest BCUT2D eigenvalue weighted by molar-refractivity contribution is 6.44. The molecule has 0 saturated heterocycles. The molecule has 2 amide bonds. The van der Waals surface area contributed by atoms with Gasteiger partial charge in [0.05, 0.1) is 11.4 Å². The Morgan fingerprint density at radius 1 is 1.17 bits per heavy atom. The molecular formula is C17H13ClFN3O2. The number of hydrogen-bond acceptors (Lipinski definition) is 3. The first kappa shape index (κ1) is 16.1. The van der Waals surface area contributed by atoms with Gasteiger partial charge in [0.2, 0.25) is 5.91 Å². The Bertz CT molecular complexity index is 824. The van der Waals surface area contributed by atoms with Crippen molar-refractivity contribution in [3.63, 3.8) is 0 Å². The lowest BCUT2D eigenvalue weighted by molar-refractivity contribution is -0.118. The molecule has 0 fully saturated rings. The molecule has 3 rings (SSSR count). The van der Waals surface area contributed by atoms with E-state index in [-0.39, 0.29) is 30.1 Å². The monoisotopic (exact) mass is 345 g/mol. The topological polar surface area (TPSA) is 61.8 Å². The van der Waals surface area contributed by atoms with Gasteiger partial charge in [-0.2, -0.15) is 5.10 Å². The van der Waals surface area contributed by atoms with E-state index >= 15 is 0 Å². The predicted molar refractivity (Wildman–Crippen MR) is 90.6 cm³/mol. The van der Waals surface area contributed by atoms with Crippen LogP contribution in [-0.2, 0) is 9.59 Å². The van der Waals surface area contributed by atoms with Crippen molar-refractivity contribution in [1.29, 1.82) is 0 Å². The molecule has 0 aromatic heterocycles. The second-order valence-corrected chi connectivity index (χ2v) is 5.60. The largest absolute Gasteiger partial charge is 0.318 e. The normalized spacial score (nSPS) is 14.3. The van der Waals surface area contributed by atoms with Crippen LogP contribution < -0.4 is 10.3 Å². The minimum Gasteiger partial charge on any atom is -0.318 e. The molecule has 0 spiro atoms. The van der Waals surface area contributed by atoms with Gasteiger partial charge in [-0.1, -0.05) is 29.8 Å². The molecule has 1 heterocycles. The molecule has 0 bridgehead atoms. The maximum absolute atomic E-state index is 13.7. The number of hydrazone groups is 1. The van der Waals surface area contributed by atoms with Gasteiger partial charge in [0.15, 0.2) is 0 Å². The average Bonchev–Trinajstić information content (AvgIpc) is 2.59. The fourth-order valence-electron chi connectivity index (χ4n) is 2.28. The third-order valence-electron chi connectivity index (χ3n) is 3.47. The fraction of sp³-hybridized carbons (Fsp3) is 0.118. The summed E-state index contributed by atoms with van der Waals surface area (Å²) in [4.78, 5) is 24.4. The van der Waals surface area contributed by atoms with E-state index in [1.165, 1.54) is 23.2 Å². The van der Waals surface area contributed by atoms with Gasteiger partial charge >= 0.3 is 0 Å². The Kier molecular flexibility index (Phi) is 4.57. The number of carbonyl (C=O) groups is 2. The third-order valence-corrected chi connectivity index (χ3v) is 3.71. The minimum absolute atomic E-state index is 0.0293. The Morgan fingerprint density at radius 2 is 1.92 bits per heavy atom. The number of rotatable bonds is 3. The Balaban J connectivity index is 1.84.